The van der Waals surface area contributed by atoms with Gasteiger partial charge in [0.25, 0.3) is 0 Å². The maximum Gasteiger partial charge on any atom is 0.188 e. The van der Waals surface area contributed by atoms with Crippen molar-refractivity contribution in [3.8, 4) is 0 Å². The van der Waals surface area contributed by atoms with E-state index in [4.69, 9.17) is 0 Å². The van der Waals surface area contributed by atoms with Crippen molar-refractivity contribution in [2.75, 3.05) is 13.5 Å². The minimum atomic E-state index is -0.648. The first-order valence-corrected chi connectivity index (χ1v) is 2.95. The Morgan fingerprint density at radius 3 is 2.62 bits per heavy atom. The van der Waals surface area contributed by atoms with Gasteiger partial charge < -0.3 is 4.74 Å². The fourth-order valence-electron chi connectivity index (χ4n) is 0.364. The molecule has 0 amide bonds. The molecule has 0 fully saturated rings. The number of hydrogen-bond acceptors (Lipinski definition) is 1. The van der Waals surface area contributed by atoms with Crippen molar-refractivity contribution < 1.29 is 9.13 Å². The van der Waals surface area contributed by atoms with Crippen molar-refractivity contribution in [1.29, 1.82) is 0 Å². The molecule has 0 heterocycles. The third kappa shape index (κ3) is 4.06. The molecule has 0 unspecified atom stereocenters. The minimum absolute atomic E-state index is 0.491. The van der Waals surface area contributed by atoms with Gasteiger partial charge in [0.15, 0.2) is 6.86 Å². The van der Waals surface area contributed by atoms with E-state index in [1.807, 2.05) is 6.92 Å². The molecule has 50 valence electrons. The minimum Gasteiger partial charge on any atom is -0.350 e. The third-order valence-corrected chi connectivity index (χ3v) is 1.18. The van der Waals surface area contributed by atoms with E-state index in [1.54, 1.807) is 0 Å². The molecule has 0 aromatic rings. The molecule has 0 rings (SSSR count). The van der Waals surface area contributed by atoms with Crippen LogP contribution in [-0.2, 0) is 4.74 Å². The number of ether oxygens (including phenoxy) is 1. The van der Waals surface area contributed by atoms with Gasteiger partial charge in [0.1, 0.15) is 0 Å². The second-order valence-electron chi connectivity index (χ2n) is 1.99. The van der Waals surface area contributed by atoms with Crippen molar-refractivity contribution in [1.82, 2.24) is 0 Å². The lowest BCUT2D eigenvalue weighted by atomic mass is 10.1. The number of alkyl halides is 1. The summed E-state index contributed by atoms with van der Waals surface area (Å²) >= 11 is 0. The van der Waals surface area contributed by atoms with E-state index in [-0.39, 0.29) is 0 Å². The smallest absolute Gasteiger partial charge is 0.188 e. The highest BCUT2D eigenvalue weighted by atomic mass is 19.1. The first-order chi connectivity index (χ1) is 3.81. The SMILES string of the molecule is CC[C@H](C)COCF. The van der Waals surface area contributed by atoms with E-state index in [0.717, 1.165) is 6.42 Å². The number of halogens is 1. The lowest BCUT2D eigenvalue weighted by molar-refractivity contribution is 0.0375. The molecule has 0 aromatic carbocycles. The van der Waals surface area contributed by atoms with Crippen molar-refractivity contribution in [3.05, 3.63) is 0 Å². The first kappa shape index (κ1) is 7.89. The Morgan fingerprint density at radius 1 is 1.62 bits per heavy atom. The quantitative estimate of drug-likeness (QED) is 0.551. The monoisotopic (exact) mass is 120 g/mol. The molecular formula is C6H13FO. The molecule has 0 N–H and O–H groups in total. The summed E-state index contributed by atoms with van der Waals surface area (Å²) in [5.74, 6) is 0.491. The third-order valence-electron chi connectivity index (χ3n) is 1.18. The van der Waals surface area contributed by atoms with E-state index >= 15 is 0 Å². The Hall–Kier alpha value is -0.110. The summed E-state index contributed by atoms with van der Waals surface area (Å²) in [4.78, 5) is 0. The fraction of sp³-hybridized carbons (Fsp3) is 1.00. The Kier molecular flexibility index (Phi) is 4.97. The Labute approximate surface area is 49.8 Å². The van der Waals surface area contributed by atoms with Crippen LogP contribution in [0.2, 0.25) is 0 Å². The number of hydrogen-bond donors (Lipinski definition) is 0. The second-order valence-corrected chi connectivity index (χ2v) is 1.99. The van der Waals surface area contributed by atoms with Crippen LogP contribution in [0.15, 0.2) is 0 Å². The van der Waals surface area contributed by atoms with Crippen LogP contribution in [-0.4, -0.2) is 13.5 Å². The summed E-state index contributed by atoms with van der Waals surface area (Å²) in [5, 5.41) is 0. The van der Waals surface area contributed by atoms with Gasteiger partial charge in [-0.2, -0.15) is 0 Å². The summed E-state index contributed by atoms with van der Waals surface area (Å²) in [5.41, 5.74) is 0. The molecule has 8 heavy (non-hydrogen) atoms. The molecule has 0 bridgehead atoms. The first-order valence-electron chi connectivity index (χ1n) is 2.95. The van der Waals surface area contributed by atoms with E-state index < -0.39 is 6.86 Å². The van der Waals surface area contributed by atoms with Crippen molar-refractivity contribution in [2.24, 2.45) is 5.92 Å². The highest BCUT2D eigenvalue weighted by Crippen LogP contribution is 1.99. The van der Waals surface area contributed by atoms with Crippen molar-refractivity contribution in [2.45, 2.75) is 20.3 Å². The van der Waals surface area contributed by atoms with Crippen LogP contribution in [0, 0.1) is 5.92 Å². The predicted octanol–water partition coefficient (Wildman–Crippen LogP) is 1.98. The van der Waals surface area contributed by atoms with Crippen LogP contribution in [0.5, 0.6) is 0 Å². The summed E-state index contributed by atoms with van der Waals surface area (Å²) < 4.78 is 15.8. The largest absolute Gasteiger partial charge is 0.350 e. The second kappa shape index (κ2) is 5.04. The van der Waals surface area contributed by atoms with Crippen molar-refractivity contribution in [3.63, 3.8) is 0 Å². The molecule has 0 aliphatic rings. The van der Waals surface area contributed by atoms with E-state index in [0.29, 0.717) is 12.5 Å². The maximum atomic E-state index is 11.3. The van der Waals surface area contributed by atoms with Crippen LogP contribution in [0.1, 0.15) is 20.3 Å². The summed E-state index contributed by atoms with van der Waals surface area (Å²) in [6.07, 6.45) is 1.06. The molecule has 0 spiro atoms. The van der Waals surface area contributed by atoms with E-state index in [9.17, 15) is 4.39 Å². The lowest BCUT2D eigenvalue weighted by Crippen LogP contribution is -2.02. The lowest BCUT2D eigenvalue weighted by Gasteiger charge is -2.04. The standard InChI is InChI=1S/C6H13FO/c1-3-6(2)4-8-5-7/h6H,3-5H2,1-2H3/t6-/m0/s1. The summed E-state index contributed by atoms with van der Waals surface area (Å²) in [6, 6.07) is 0. The highest BCUT2D eigenvalue weighted by molar-refractivity contribution is 4.43. The molecule has 0 saturated heterocycles. The van der Waals surface area contributed by atoms with Gasteiger partial charge in [-0.05, 0) is 5.92 Å². The van der Waals surface area contributed by atoms with Crippen LogP contribution in [0.3, 0.4) is 0 Å². The van der Waals surface area contributed by atoms with Crippen LogP contribution < -0.4 is 0 Å². The van der Waals surface area contributed by atoms with Crippen LogP contribution in [0.25, 0.3) is 0 Å². The highest BCUT2D eigenvalue weighted by Gasteiger charge is 1.95. The summed E-state index contributed by atoms with van der Waals surface area (Å²) in [7, 11) is 0. The Morgan fingerprint density at radius 2 is 2.25 bits per heavy atom. The topological polar surface area (TPSA) is 9.23 Å². The van der Waals surface area contributed by atoms with Crippen LogP contribution >= 0.6 is 0 Å². The Bertz CT molecular complexity index is 47.8. The molecule has 0 saturated carbocycles. The molecule has 0 aliphatic heterocycles. The Balaban J connectivity index is 2.86. The molecule has 2 heteroatoms. The maximum absolute atomic E-state index is 11.3. The van der Waals surface area contributed by atoms with Crippen molar-refractivity contribution >= 4 is 0 Å². The average Bonchev–Trinajstić information content (AvgIpc) is 1.83. The predicted molar refractivity (Wildman–Crippen MR) is 31.4 cm³/mol. The van der Waals surface area contributed by atoms with E-state index in [1.165, 1.54) is 0 Å². The summed E-state index contributed by atoms with van der Waals surface area (Å²) in [6.45, 7) is 4.00. The normalized spacial score (nSPS) is 13.9. The van der Waals surface area contributed by atoms with Gasteiger partial charge >= 0.3 is 0 Å². The zero-order chi connectivity index (χ0) is 6.41. The molecule has 0 aromatic heterocycles. The van der Waals surface area contributed by atoms with Crippen LogP contribution in [0.4, 0.5) is 4.39 Å². The van der Waals surface area contributed by atoms with Gasteiger partial charge in [-0.15, -0.1) is 0 Å². The van der Waals surface area contributed by atoms with Gasteiger partial charge in [0.2, 0.25) is 0 Å². The zero-order valence-corrected chi connectivity index (χ0v) is 5.48. The number of rotatable bonds is 4. The molecular weight excluding hydrogens is 107 g/mol. The van der Waals surface area contributed by atoms with Gasteiger partial charge in [-0.3, -0.25) is 0 Å². The van der Waals surface area contributed by atoms with E-state index in [2.05, 4.69) is 11.7 Å². The van der Waals surface area contributed by atoms with Gasteiger partial charge in [0.05, 0.1) is 6.61 Å². The average molecular weight is 120 g/mol. The molecule has 1 nitrogen and oxygen atoms in total. The van der Waals surface area contributed by atoms with Gasteiger partial charge in [-0.1, -0.05) is 20.3 Å². The van der Waals surface area contributed by atoms with Gasteiger partial charge in [-0.25, -0.2) is 4.39 Å². The van der Waals surface area contributed by atoms with Gasteiger partial charge in [0, 0.05) is 0 Å². The molecule has 1 atom stereocenters. The molecule has 0 radical (unpaired) electrons. The fourth-order valence-corrected chi connectivity index (χ4v) is 0.364. The zero-order valence-electron chi connectivity index (χ0n) is 5.48. The molecule has 0 aliphatic carbocycles.